The molecule has 2 aromatic heterocycles. The molecule has 4 heterocycles. The van der Waals surface area contributed by atoms with E-state index in [0.717, 1.165) is 60.0 Å². The first-order chi connectivity index (χ1) is 26.7. The highest BCUT2D eigenvalue weighted by Crippen LogP contribution is 2.47. The summed E-state index contributed by atoms with van der Waals surface area (Å²) in [5.41, 5.74) is 5.88. The Labute approximate surface area is 329 Å². The maximum atomic E-state index is 12.2. The zero-order valence-electron chi connectivity index (χ0n) is 30.9. The standard InChI is InChI=1S/C41H44Cl2N6O6/c1-53-37-32(19-44-18-23-9-10-25(50)17-23)45-20-31(47-37)30-8-4-7-29(35(30)42)26-5-3-6-28-27(26)11-12-34(28)55-39-36(43)46-33(38(48-39)54-2)21-49-22-41(40(51)52)15-13-24(49)14-16-41/h3-8,20,23-24,34,44H,9-19,21-22H2,1-2H3,(H,51,52)/t23-,24?,34+,41?/m1/s1. The average Bonchev–Trinajstić information content (AvgIpc) is 3.81. The van der Waals surface area contributed by atoms with Gasteiger partial charge < -0.3 is 24.6 Å². The van der Waals surface area contributed by atoms with Crippen LogP contribution in [0.25, 0.3) is 22.4 Å². The van der Waals surface area contributed by atoms with E-state index in [9.17, 15) is 14.7 Å². The van der Waals surface area contributed by atoms with E-state index in [0.29, 0.717) is 103 Å². The van der Waals surface area contributed by atoms with Crippen LogP contribution in [0, 0.1) is 11.3 Å². The molecule has 0 amide bonds. The third-order valence-electron chi connectivity index (χ3n) is 11.9. The molecule has 4 aromatic rings. The molecule has 2 saturated carbocycles. The predicted octanol–water partition coefficient (Wildman–Crippen LogP) is 7.28. The summed E-state index contributed by atoms with van der Waals surface area (Å²) in [5.74, 6) is 0.881. The van der Waals surface area contributed by atoms with Crippen molar-refractivity contribution in [2.24, 2.45) is 11.3 Å². The van der Waals surface area contributed by atoms with Gasteiger partial charge in [-0.1, -0.05) is 59.6 Å². The van der Waals surface area contributed by atoms with Crippen molar-refractivity contribution < 1.29 is 28.9 Å². The lowest BCUT2D eigenvalue weighted by atomic mass is 9.67. The normalized spacial score (nSPS) is 23.2. The van der Waals surface area contributed by atoms with E-state index in [1.54, 1.807) is 13.3 Å². The molecule has 4 fully saturated rings. The average molecular weight is 788 g/mol. The summed E-state index contributed by atoms with van der Waals surface area (Å²) in [7, 11) is 3.12. The molecule has 55 heavy (non-hydrogen) atoms. The van der Waals surface area contributed by atoms with E-state index in [1.807, 2.05) is 24.3 Å². The van der Waals surface area contributed by atoms with E-state index in [-0.39, 0.29) is 17.1 Å². The molecule has 2 atom stereocenters. The Hall–Kier alpha value is -4.36. The number of carbonyl (C=O) groups excluding carboxylic acids is 1. The van der Waals surface area contributed by atoms with Gasteiger partial charge in [0.25, 0.3) is 5.88 Å². The van der Waals surface area contributed by atoms with Crippen molar-refractivity contribution in [3.8, 4) is 40.0 Å². The van der Waals surface area contributed by atoms with Crippen LogP contribution in [0.5, 0.6) is 17.6 Å². The Morgan fingerprint density at radius 1 is 0.927 bits per heavy atom. The van der Waals surface area contributed by atoms with E-state index in [1.165, 1.54) is 7.11 Å². The molecule has 2 saturated heterocycles. The first-order valence-corrected chi connectivity index (χ1v) is 19.7. The van der Waals surface area contributed by atoms with Crippen LogP contribution in [0.15, 0.2) is 42.6 Å². The summed E-state index contributed by atoms with van der Waals surface area (Å²) in [5, 5.41) is 14.1. The van der Waals surface area contributed by atoms with Gasteiger partial charge in [0.15, 0.2) is 5.15 Å². The highest BCUT2D eigenvalue weighted by atomic mass is 35.5. The summed E-state index contributed by atoms with van der Waals surface area (Å²) in [6.07, 6.45) is 8.16. The molecule has 0 spiro atoms. The van der Waals surface area contributed by atoms with Gasteiger partial charge >= 0.3 is 5.97 Å². The Bertz CT molecular complexity index is 2130. The quantitative estimate of drug-likeness (QED) is 0.140. The summed E-state index contributed by atoms with van der Waals surface area (Å²) in [4.78, 5) is 44.8. The smallest absolute Gasteiger partial charge is 0.310 e. The molecule has 0 unspecified atom stereocenters. The summed E-state index contributed by atoms with van der Waals surface area (Å²) >= 11 is 13.9. The van der Waals surface area contributed by atoms with Crippen LogP contribution < -0.4 is 19.5 Å². The summed E-state index contributed by atoms with van der Waals surface area (Å²) in [6.45, 7) is 2.10. The number of hydrogen-bond acceptors (Lipinski definition) is 11. The molecular formula is C41H44Cl2N6O6. The Morgan fingerprint density at radius 2 is 1.67 bits per heavy atom. The Kier molecular flexibility index (Phi) is 10.7. The fourth-order valence-electron chi connectivity index (χ4n) is 8.95. The van der Waals surface area contributed by atoms with Gasteiger partial charge in [-0.2, -0.15) is 4.98 Å². The molecule has 5 aliphatic rings. The lowest BCUT2D eigenvalue weighted by molar-refractivity contribution is -0.160. The van der Waals surface area contributed by atoms with Crippen molar-refractivity contribution in [1.82, 2.24) is 30.2 Å². The fourth-order valence-corrected chi connectivity index (χ4v) is 9.46. The maximum Gasteiger partial charge on any atom is 0.310 e. The van der Waals surface area contributed by atoms with Crippen LogP contribution in [-0.4, -0.2) is 75.0 Å². The van der Waals surface area contributed by atoms with Crippen LogP contribution in [0.1, 0.15) is 80.0 Å². The number of nitrogens with one attached hydrogen (secondary N) is 1. The van der Waals surface area contributed by atoms with Crippen LogP contribution in [0.2, 0.25) is 10.2 Å². The van der Waals surface area contributed by atoms with Crippen LogP contribution in [-0.2, 0) is 29.1 Å². The molecular weight excluding hydrogens is 743 g/mol. The molecule has 0 radical (unpaired) electrons. The first kappa shape index (κ1) is 37.6. The minimum Gasteiger partial charge on any atom is -0.481 e. The van der Waals surface area contributed by atoms with E-state index >= 15 is 0 Å². The second-order valence-corrected chi connectivity index (χ2v) is 15.9. The minimum absolute atomic E-state index is 0.134. The number of Topliss-reactive ketones (excluding diaryl/α,β-unsaturated/α-hetero) is 1. The van der Waals surface area contributed by atoms with Crippen molar-refractivity contribution in [1.29, 1.82) is 0 Å². The number of carbonyl (C=O) groups is 2. The van der Waals surface area contributed by atoms with Crippen molar-refractivity contribution in [3.05, 3.63) is 75.3 Å². The Morgan fingerprint density at radius 3 is 2.42 bits per heavy atom. The van der Waals surface area contributed by atoms with Crippen molar-refractivity contribution in [2.45, 2.75) is 83.0 Å². The number of nitrogens with zero attached hydrogens (tertiary/aromatic N) is 5. The van der Waals surface area contributed by atoms with E-state index < -0.39 is 11.4 Å². The molecule has 2 aromatic carbocycles. The molecule has 2 aliphatic heterocycles. The second kappa shape index (κ2) is 15.6. The van der Waals surface area contributed by atoms with E-state index in [4.69, 9.17) is 42.4 Å². The van der Waals surface area contributed by atoms with Gasteiger partial charge in [0.1, 0.15) is 23.3 Å². The maximum absolute atomic E-state index is 12.2. The number of carboxylic acid groups (broad SMARTS) is 1. The van der Waals surface area contributed by atoms with Gasteiger partial charge in [-0.15, -0.1) is 0 Å². The number of fused-ring (bicyclic) bond motifs is 4. The van der Waals surface area contributed by atoms with Gasteiger partial charge in [-0.3, -0.25) is 19.5 Å². The number of benzene rings is 2. The number of halogens is 2. The number of ether oxygens (including phenoxy) is 3. The summed E-state index contributed by atoms with van der Waals surface area (Å²) in [6, 6.07) is 12.3. The largest absolute Gasteiger partial charge is 0.481 e. The minimum atomic E-state index is -0.731. The summed E-state index contributed by atoms with van der Waals surface area (Å²) < 4.78 is 17.8. The highest BCUT2D eigenvalue weighted by molar-refractivity contribution is 6.36. The molecule has 12 nitrogen and oxygen atoms in total. The van der Waals surface area contributed by atoms with Crippen LogP contribution in [0.4, 0.5) is 0 Å². The molecule has 2 bridgehead atoms. The Balaban J connectivity index is 0.994. The number of aromatic nitrogens is 4. The highest BCUT2D eigenvalue weighted by Gasteiger charge is 2.50. The van der Waals surface area contributed by atoms with Crippen molar-refractivity contribution in [3.63, 3.8) is 0 Å². The number of rotatable bonds is 13. The lowest BCUT2D eigenvalue weighted by Crippen LogP contribution is -2.56. The number of ketones is 1. The number of aliphatic carboxylic acids is 1. The zero-order chi connectivity index (χ0) is 38.3. The van der Waals surface area contributed by atoms with Gasteiger partial charge in [-0.25, -0.2) is 9.97 Å². The SMILES string of the molecule is COc1nc(-c2cccc(-c3cccc4c3CC[C@@H]4Oc3nc(OC)c(CN4CC5(C(=O)O)CCC4CC5)nc3Cl)c2Cl)cnc1CNC[C@@H]1CCC(=O)C1. The number of carboxylic acids is 1. The number of methoxy groups -OCH3 is 2. The zero-order valence-corrected chi connectivity index (χ0v) is 32.5. The van der Waals surface area contributed by atoms with Gasteiger partial charge in [0, 0.05) is 49.6 Å². The molecule has 3 aliphatic carbocycles. The second-order valence-electron chi connectivity index (χ2n) is 15.2. The third-order valence-corrected chi connectivity index (χ3v) is 12.6. The fraction of sp³-hybridized carbons (Fsp3) is 0.463. The van der Waals surface area contributed by atoms with Crippen molar-refractivity contribution in [2.75, 3.05) is 27.3 Å². The number of piperidine rings is 2. The van der Waals surface area contributed by atoms with E-state index in [2.05, 4.69) is 37.3 Å². The number of hydrogen-bond donors (Lipinski definition) is 2. The molecule has 2 N–H and O–H groups in total. The molecule has 14 heteroatoms. The third kappa shape index (κ3) is 7.37. The molecule has 288 valence electrons. The lowest BCUT2D eigenvalue weighted by Gasteiger charge is -2.50. The van der Waals surface area contributed by atoms with Crippen LogP contribution in [0.3, 0.4) is 0 Å². The van der Waals surface area contributed by atoms with Gasteiger partial charge in [0.2, 0.25) is 11.8 Å². The van der Waals surface area contributed by atoms with Crippen LogP contribution >= 0.6 is 23.2 Å². The monoisotopic (exact) mass is 786 g/mol. The van der Waals surface area contributed by atoms with Crippen molar-refractivity contribution >= 4 is 35.0 Å². The first-order valence-electron chi connectivity index (χ1n) is 18.9. The predicted molar refractivity (Wildman–Crippen MR) is 207 cm³/mol. The van der Waals surface area contributed by atoms with Gasteiger partial charge in [-0.05, 0) is 74.1 Å². The topological polar surface area (TPSA) is 149 Å². The van der Waals surface area contributed by atoms with Gasteiger partial charge in [0.05, 0.1) is 36.5 Å². The molecule has 9 rings (SSSR count).